The summed E-state index contributed by atoms with van der Waals surface area (Å²) in [4.78, 5) is 12.3. The number of carbonyl (C=O) groups is 1. The highest BCUT2D eigenvalue weighted by Crippen LogP contribution is 2.29. The highest BCUT2D eigenvalue weighted by Gasteiger charge is 2.37. The van der Waals surface area contributed by atoms with Crippen molar-refractivity contribution in [2.45, 2.75) is 51.1 Å². The summed E-state index contributed by atoms with van der Waals surface area (Å²) in [5, 5.41) is 3.13. The molecule has 1 aliphatic heterocycles. The molecule has 0 aromatic carbocycles. The summed E-state index contributed by atoms with van der Waals surface area (Å²) in [6.45, 7) is 5.61. The van der Waals surface area contributed by atoms with Crippen LogP contribution < -0.4 is 11.1 Å². The Hall–Kier alpha value is -0.610. The van der Waals surface area contributed by atoms with Crippen molar-refractivity contribution in [1.82, 2.24) is 5.32 Å². The molecular formula is C13H24N2O2. The Kier molecular flexibility index (Phi) is 3.73. The predicted octanol–water partition coefficient (Wildman–Crippen LogP) is 1.05. The quantitative estimate of drug-likeness (QED) is 0.758. The standard InChI is InChI=1S/C13H24N2O2/c1-9-3-4-11(14)10(7-9)12(16)15-13(2)5-6-17-8-13/h9-11H,3-8,14H2,1-2H3,(H,15,16). The topological polar surface area (TPSA) is 64.4 Å². The third-order valence-electron chi connectivity index (χ3n) is 4.15. The van der Waals surface area contributed by atoms with Crippen LogP contribution in [-0.2, 0) is 9.53 Å². The number of nitrogens with one attached hydrogen (secondary N) is 1. The van der Waals surface area contributed by atoms with Crippen molar-refractivity contribution in [2.24, 2.45) is 17.6 Å². The van der Waals surface area contributed by atoms with Crippen LogP contribution in [0.15, 0.2) is 0 Å². The van der Waals surface area contributed by atoms with Crippen molar-refractivity contribution >= 4 is 5.91 Å². The summed E-state index contributed by atoms with van der Waals surface area (Å²) in [6.07, 6.45) is 3.93. The van der Waals surface area contributed by atoms with Crippen LogP contribution in [-0.4, -0.2) is 30.7 Å². The van der Waals surface area contributed by atoms with Gasteiger partial charge in [-0.3, -0.25) is 4.79 Å². The van der Waals surface area contributed by atoms with E-state index in [1.165, 1.54) is 0 Å². The molecule has 4 nitrogen and oxygen atoms in total. The summed E-state index contributed by atoms with van der Waals surface area (Å²) in [6, 6.07) is 0.0251. The van der Waals surface area contributed by atoms with Crippen molar-refractivity contribution in [3.05, 3.63) is 0 Å². The van der Waals surface area contributed by atoms with Gasteiger partial charge in [-0.05, 0) is 38.5 Å². The molecule has 2 rings (SSSR count). The van der Waals surface area contributed by atoms with E-state index < -0.39 is 0 Å². The lowest BCUT2D eigenvalue weighted by molar-refractivity contribution is -0.128. The lowest BCUT2D eigenvalue weighted by Gasteiger charge is -2.34. The van der Waals surface area contributed by atoms with Crippen LogP contribution in [0.25, 0.3) is 0 Å². The molecule has 0 aromatic heterocycles. The van der Waals surface area contributed by atoms with Crippen molar-refractivity contribution in [3.8, 4) is 0 Å². The van der Waals surface area contributed by atoms with E-state index >= 15 is 0 Å². The van der Waals surface area contributed by atoms with E-state index in [9.17, 15) is 4.79 Å². The highest BCUT2D eigenvalue weighted by atomic mass is 16.5. The maximum Gasteiger partial charge on any atom is 0.225 e. The van der Waals surface area contributed by atoms with Gasteiger partial charge in [-0.2, -0.15) is 0 Å². The number of hydrogen-bond acceptors (Lipinski definition) is 3. The van der Waals surface area contributed by atoms with E-state index in [-0.39, 0.29) is 23.4 Å². The van der Waals surface area contributed by atoms with Gasteiger partial charge >= 0.3 is 0 Å². The minimum absolute atomic E-state index is 0.0174. The smallest absolute Gasteiger partial charge is 0.225 e. The first kappa shape index (κ1) is 12.8. The molecule has 4 unspecified atom stereocenters. The molecule has 2 fully saturated rings. The molecule has 1 amide bonds. The molecule has 0 spiro atoms. The molecule has 0 aromatic rings. The van der Waals surface area contributed by atoms with Crippen molar-refractivity contribution in [1.29, 1.82) is 0 Å². The minimum atomic E-state index is -0.183. The van der Waals surface area contributed by atoms with E-state index in [4.69, 9.17) is 10.5 Å². The third kappa shape index (κ3) is 2.99. The fourth-order valence-electron chi connectivity index (χ4n) is 2.86. The SMILES string of the molecule is CC1CCC(N)C(C(=O)NC2(C)CCOC2)C1. The van der Waals surface area contributed by atoms with Gasteiger partial charge in [-0.15, -0.1) is 0 Å². The van der Waals surface area contributed by atoms with Gasteiger partial charge < -0.3 is 15.8 Å². The second-order valence-electron chi connectivity index (χ2n) is 6.04. The number of amides is 1. The molecule has 17 heavy (non-hydrogen) atoms. The van der Waals surface area contributed by atoms with Crippen molar-refractivity contribution < 1.29 is 9.53 Å². The van der Waals surface area contributed by atoms with E-state index in [0.29, 0.717) is 12.5 Å². The normalized spacial score (nSPS) is 42.4. The fraction of sp³-hybridized carbons (Fsp3) is 0.923. The van der Waals surface area contributed by atoms with E-state index in [2.05, 4.69) is 19.2 Å². The monoisotopic (exact) mass is 240 g/mol. The number of rotatable bonds is 2. The molecule has 0 radical (unpaired) electrons. The van der Waals surface area contributed by atoms with Gasteiger partial charge in [0.25, 0.3) is 0 Å². The van der Waals surface area contributed by atoms with Crippen molar-refractivity contribution in [2.75, 3.05) is 13.2 Å². The summed E-state index contributed by atoms with van der Waals surface area (Å²) >= 11 is 0. The van der Waals surface area contributed by atoms with Gasteiger partial charge in [0, 0.05) is 12.6 Å². The Balaban J connectivity index is 1.94. The van der Waals surface area contributed by atoms with Gasteiger partial charge in [-0.25, -0.2) is 0 Å². The highest BCUT2D eigenvalue weighted by molar-refractivity contribution is 5.80. The molecule has 3 N–H and O–H groups in total. The largest absolute Gasteiger partial charge is 0.379 e. The van der Waals surface area contributed by atoms with E-state index in [1.807, 2.05) is 0 Å². The lowest BCUT2D eigenvalue weighted by Crippen LogP contribution is -2.53. The Labute approximate surface area is 103 Å². The molecular weight excluding hydrogens is 216 g/mol. The molecule has 2 aliphatic rings. The molecule has 1 aliphatic carbocycles. The molecule has 4 atom stereocenters. The summed E-state index contributed by atoms with van der Waals surface area (Å²) in [5.41, 5.74) is 5.88. The van der Waals surface area contributed by atoms with Crippen molar-refractivity contribution in [3.63, 3.8) is 0 Å². The van der Waals surface area contributed by atoms with E-state index in [0.717, 1.165) is 32.3 Å². The predicted molar refractivity (Wildman–Crippen MR) is 66.5 cm³/mol. The zero-order valence-electron chi connectivity index (χ0n) is 10.9. The molecule has 1 saturated heterocycles. The molecule has 4 heteroatoms. The zero-order valence-corrected chi connectivity index (χ0v) is 10.9. The number of ether oxygens (including phenoxy) is 1. The summed E-state index contributed by atoms with van der Waals surface area (Å²) < 4.78 is 5.35. The Morgan fingerprint density at radius 3 is 2.88 bits per heavy atom. The molecule has 98 valence electrons. The lowest BCUT2D eigenvalue weighted by atomic mass is 9.78. The Bertz CT molecular complexity index is 287. The van der Waals surface area contributed by atoms with Gasteiger partial charge in [0.15, 0.2) is 0 Å². The average Bonchev–Trinajstić information content (AvgIpc) is 2.68. The molecule has 0 bridgehead atoms. The van der Waals surface area contributed by atoms with E-state index in [1.54, 1.807) is 0 Å². The van der Waals surface area contributed by atoms with Gasteiger partial charge in [0.1, 0.15) is 0 Å². The van der Waals surface area contributed by atoms with Gasteiger partial charge in [0.05, 0.1) is 18.1 Å². The zero-order chi connectivity index (χ0) is 12.5. The molecule has 1 heterocycles. The number of hydrogen-bond donors (Lipinski definition) is 2. The Morgan fingerprint density at radius 2 is 2.24 bits per heavy atom. The fourth-order valence-corrected chi connectivity index (χ4v) is 2.86. The number of carbonyl (C=O) groups excluding carboxylic acids is 1. The second kappa shape index (κ2) is 4.94. The van der Waals surface area contributed by atoms with Gasteiger partial charge in [-0.1, -0.05) is 6.92 Å². The van der Waals surface area contributed by atoms with Crippen LogP contribution in [0.4, 0.5) is 0 Å². The average molecular weight is 240 g/mol. The van der Waals surface area contributed by atoms with Crippen LogP contribution in [0.3, 0.4) is 0 Å². The van der Waals surface area contributed by atoms with Crippen LogP contribution in [0, 0.1) is 11.8 Å². The van der Waals surface area contributed by atoms with Crippen LogP contribution in [0.2, 0.25) is 0 Å². The Morgan fingerprint density at radius 1 is 1.47 bits per heavy atom. The van der Waals surface area contributed by atoms with Gasteiger partial charge in [0.2, 0.25) is 5.91 Å². The van der Waals surface area contributed by atoms with Crippen LogP contribution in [0.1, 0.15) is 39.5 Å². The first-order chi connectivity index (χ1) is 8.00. The summed E-state index contributed by atoms with van der Waals surface area (Å²) in [7, 11) is 0. The second-order valence-corrected chi connectivity index (χ2v) is 6.04. The summed E-state index contributed by atoms with van der Waals surface area (Å²) in [5.74, 6) is 0.714. The molecule has 1 saturated carbocycles. The third-order valence-corrected chi connectivity index (χ3v) is 4.15. The first-order valence-electron chi connectivity index (χ1n) is 6.65. The maximum atomic E-state index is 12.3. The first-order valence-corrected chi connectivity index (χ1v) is 6.65. The van der Waals surface area contributed by atoms with Crippen LogP contribution >= 0.6 is 0 Å². The maximum absolute atomic E-state index is 12.3. The minimum Gasteiger partial charge on any atom is -0.379 e. The number of nitrogens with two attached hydrogens (primary N) is 1. The van der Waals surface area contributed by atoms with Crippen LogP contribution in [0.5, 0.6) is 0 Å².